The number of hydrogen-bond acceptors (Lipinski definition) is 4. The standard InChI is InChI=1S/C25H27NO4/c1-19-6-5-7-24(18-19)30-17-4-3-16-29-23-12-8-20(9-13-23)25(27)26-21-10-14-22(28-2)15-11-21/h5-15,18H,3-4,16-17H2,1-2H3,(H,26,27). The summed E-state index contributed by atoms with van der Waals surface area (Å²) in [5, 5.41) is 2.86. The molecule has 3 aromatic carbocycles. The minimum Gasteiger partial charge on any atom is -0.497 e. The number of carbonyl (C=O) groups excluding carboxylic acids is 1. The van der Waals surface area contributed by atoms with Crippen molar-refractivity contribution in [1.82, 2.24) is 0 Å². The van der Waals surface area contributed by atoms with Crippen LogP contribution in [0.4, 0.5) is 5.69 Å². The Kier molecular flexibility index (Phi) is 7.72. The molecule has 0 aromatic heterocycles. The normalized spacial score (nSPS) is 10.3. The van der Waals surface area contributed by atoms with Crippen LogP contribution in [0, 0.1) is 6.92 Å². The molecule has 0 radical (unpaired) electrons. The zero-order valence-electron chi connectivity index (χ0n) is 17.4. The number of carbonyl (C=O) groups is 1. The second-order valence-corrected chi connectivity index (χ2v) is 6.93. The molecule has 0 aliphatic heterocycles. The maximum atomic E-state index is 12.4. The van der Waals surface area contributed by atoms with E-state index < -0.39 is 0 Å². The second kappa shape index (κ2) is 10.9. The Labute approximate surface area is 177 Å². The van der Waals surface area contributed by atoms with Gasteiger partial charge in [0, 0.05) is 11.3 Å². The van der Waals surface area contributed by atoms with E-state index in [1.165, 1.54) is 5.56 Å². The summed E-state index contributed by atoms with van der Waals surface area (Å²) in [4.78, 5) is 12.4. The van der Waals surface area contributed by atoms with E-state index in [-0.39, 0.29) is 5.91 Å². The van der Waals surface area contributed by atoms with Crippen LogP contribution in [-0.2, 0) is 0 Å². The summed E-state index contributed by atoms with van der Waals surface area (Å²) in [5.74, 6) is 2.23. The van der Waals surface area contributed by atoms with Crippen LogP contribution < -0.4 is 19.5 Å². The molecule has 0 aliphatic carbocycles. The van der Waals surface area contributed by atoms with E-state index in [1.54, 1.807) is 43.5 Å². The van der Waals surface area contributed by atoms with Crippen LogP contribution in [0.1, 0.15) is 28.8 Å². The maximum Gasteiger partial charge on any atom is 0.255 e. The van der Waals surface area contributed by atoms with Crippen LogP contribution in [-0.4, -0.2) is 26.2 Å². The Balaban J connectivity index is 1.37. The average molecular weight is 405 g/mol. The maximum absolute atomic E-state index is 12.4. The fraction of sp³-hybridized carbons (Fsp3) is 0.240. The first kappa shape index (κ1) is 21.2. The molecule has 0 spiro atoms. The lowest BCUT2D eigenvalue weighted by molar-refractivity contribution is 0.102. The van der Waals surface area contributed by atoms with Gasteiger partial charge in [-0.25, -0.2) is 0 Å². The van der Waals surface area contributed by atoms with Crippen LogP contribution in [0.25, 0.3) is 0 Å². The molecule has 5 heteroatoms. The van der Waals surface area contributed by atoms with Gasteiger partial charge in [0.25, 0.3) is 5.91 Å². The van der Waals surface area contributed by atoms with Crippen LogP contribution >= 0.6 is 0 Å². The van der Waals surface area contributed by atoms with Gasteiger partial charge < -0.3 is 19.5 Å². The van der Waals surface area contributed by atoms with Gasteiger partial charge in [-0.05, 0) is 86.0 Å². The van der Waals surface area contributed by atoms with Crippen LogP contribution in [0.2, 0.25) is 0 Å². The van der Waals surface area contributed by atoms with Crippen LogP contribution in [0.5, 0.6) is 17.2 Å². The Morgan fingerprint density at radius 3 is 2.07 bits per heavy atom. The minimum absolute atomic E-state index is 0.167. The molecule has 0 fully saturated rings. The number of aryl methyl sites for hydroxylation is 1. The highest BCUT2D eigenvalue weighted by molar-refractivity contribution is 6.04. The van der Waals surface area contributed by atoms with E-state index in [9.17, 15) is 4.79 Å². The summed E-state index contributed by atoms with van der Waals surface area (Å²) in [5.41, 5.74) is 2.48. The van der Waals surface area contributed by atoms with Gasteiger partial charge >= 0.3 is 0 Å². The summed E-state index contributed by atoms with van der Waals surface area (Å²) in [6.07, 6.45) is 1.81. The number of amides is 1. The van der Waals surface area contributed by atoms with E-state index in [0.717, 1.165) is 30.1 Å². The SMILES string of the molecule is COc1ccc(NC(=O)c2ccc(OCCCCOc3cccc(C)c3)cc2)cc1. The Morgan fingerprint density at radius 2 is 1.43 bits per heavy atom. The number of ether oxygens (including phenoxy) is 3. The Hall–Kier alpha value is -3.47. The molecule has 3 aromatic rings. The number of methoxy groups -OCH3 is 1. The largest absolute Gasteiger partial charge is 0.497 e. The summed E-state index contributed by atoms with van der Waals surface area (Å²) < 4.78 is 16.6. The predicted octanol–water partition coefficient (Wildman–Crippen LogP) is 5.49. The first-order valence-corrected chi connectivity index (χ1v) is 10.0. The van der Waals surface area contributed by atoms with E-state index >= 15 is 0 Å². The first-order valence-electron chi connectivity index (χ1n) is 10.0. The highest BCUT2D eigenvalue weighted by atomic mass is 16.5. The van der Waals surface area contributed by atoms with Crippen molar-refractivity contribution in [1.29, 1.82) is 0 Å². The molecule has 0 saturated carbocycles. The first-order chi connectivity index (χ1) is 14.6. The molecule has 0 bridgehead atoms. The summed E-state index contributed by atoms with van der Waals surface area (Å²) in [6.45, 7) is 3.32. The number of nitrogens with one attached hydrogen (secondary N) is 1. The second-order valence-electron chi connectivity index (χ2n) is 6.93. The van der Waals surface area contributed by atoms with E-state index in [4.69, 9.17) is 14.2 Å². The minimum atomic E-state index is -0.167. The number of hydrogen-bond donors (Lipinski definition) is 1. The molecule has 0 heterocycles. The smallest absolute Gasteiger partial charge is 0.255 e. The molecule has 156 valence electrons. The molecule has 0 atom stereocenters. The van der Waals surface area contributed by atoms with Gasteiger partial charge in [0.15, 0.2) is 0 Å². The van der Waals surface area contributed by atoms with Gasteiger partial charge in [0.05, 0.1) is 20.3 Å². The number of anilines is 1. The third-order valence-electron chi connectivity index (χ3n) is 4.53. The molecule has 30 heavy (non-hydrogen) atoms. The number of unbranched alkanes of at least 4 members (excludes halogenated alkanes) is 1. The molecule has 1 N–H and O–H groups in total. The molecular weight excluding hydrogens is 378 g/mol. The van der Waals surface area contributed by atoms with Crippen molar-refractivity contribution in [3.63, 3.8) is 0 Å². The average Bonchev–Trinajstić information content (AvgIpc) is 2.77. The summed E-state index contributed by atoms with van der Waals surface area (Å²) in [6, 6.07) is 22.4. The summed E-state index contributed by atoms with van der Waals surface area (Å²) in [7, 11) is 1.61. The van der Waals surface area contributed by atoms with E-state index in [1.807, 2.05) is 30.3 Å². The molecular formula is C25H27NO4. The molecule has 5 nitrogen and oxygen atoms in total. The van der Waals surface area contributed by atoms with Gasteiger partial charge in [0.2, 0.25) is 0 Å². The van der Waals surface area contributed by atoms with Crippen molar-refractivity contribution in [3.8, 4) is 17.2 Å². The lowest BCUT2D eigenvalue weighted by Crippen LogP contribution is -2.11. The zero-order chi connectivity index (χ0) is 21.2. The van der Waals surface area contributed by atoms with Crippen molar-refractivity contribution in [2.75, 3.05) is 25.6 Å². The quantitative estimate of drug-likeness (QED) is 0.453. The fourth-order valence-corrected chi connectivity index (χ4v) is 2.87. The van der Waals surface area contributed by atoms with Gasteiger partial charge in [0.1, 0.15) is 17.2 Å². The number of rotatable bonds is 10. The molecule has 0 saturated heterocycles. The van der Waals surface area contributed by atoms with Gasteiger partial charge in [-0.2, -0.15) is 0 Å². The molecule has 3 rings (SSSR count). The van der Waals surface area contributed by atoms with Crippen LogP contribution in [0.15, 0.2) is 72.8 Å². The van der Waals surface area contributed by atoms with Gasteiger partial charge in [-0.1, -0.05) is 12.1 Å². The highest BCUT2D eigenvalue weighted by Gasteiger charge is 2.06. The third-order valence-corrected chi connectivity index (χ3v) is 4.53. The summed E-state index contributed by atoms with van der Waals surface area (Å²) >= 11 is 0. The Morgan fingerprint density at radius 1 is 0.800 bits per heavy atom. The van der Waals surface area contributed by atoms with Crippen molar-refractivity contribution < 1.29 is 19.0 Å². The monoisotopic (exact) mass is 405 g/mol. The van der Waals surface area contributed by atoms with E-state index in [2.05, 4.69) is 18.3 Å². The molecule has 0 unspecified atom stereocenters. The van der Waals surface area contributed by atoms with Crippen molar-refractivity contribution in [2.45, 2.75) is 19.8 Å². The number of benzene rings is 3. The van der Waals surface area contributed by atoms with E-state index in [0.29, 0.717) is 24.5 Å². The van der Waals surface area contributed by atoms with Gasteiger partial charge in [-0.3, -0.25) is 4.79 Å². The topological polar surface area (TPSA) is 56.8 Å². The highest BCUT2D eigenvalue weighted by Crippen LogP contribution is 2.18. The fourth-order valence-electron chi connectivity index (χ4n) is 2.87. The third kappa shape index (κ3) is 6.55. The van der Waals surface area contributed by atoms with Gasteiger partial charge in [-0.15, -0.1) is 0 Å². The Bertz CT molecular complexity index is 936. The van der Waals surface area contributed by atoms with Crippen molar-refractivity contribution in [2.24, 2.45) is 0 Å². The molecule has 0 aliphatic rings. The zero-order valence-corrected chi connectivity index (χ0v) is 17.4. The lowest BCUT2D eigenvalue weighted by Gasteiger charge is -2.09. The lowest BCUT2D eigenvalue weighted by atomic mass is 10.2. The molecule has 1 amide bonds. The van der Waals surface area contributed by atoms with Crippen molar-refractivity contribution >= 4 is 11.6 Å². The predicted molar refractivity (Wildman–Crippen MR) is 119 cm³/mol. The van der Waals surface area contributed by atoms with Crippen molar-refractivity contribution in [3.05, 3.63) is 83.9 Å². The van der Waals surface area contributed by atoms with Crippen LogP contribution in [0.3, 0.4) is 0 Å².